The Hall–Kier alpha value is -2.80. The highest BCUT2D eigenvalue weighted by Gasteiger charge is 2.21. The van der Waals surface area contributed by atoms with Gasteiger partial charge in [-0.25, -0.2) is 0 Å². The van der Waals surface area contributed by atoms with Crippen LogP contribution in [0.25, 0.3) is 0 Å². The van der Waals surface area contributed by atoms with Crippen LogP contribution < -0.4 is 9.47 Å². The molecule has 0 radical (unpaired) electrons. The van der Waals surface area contributed by atoms with Crippen LogP contribution in [0.2, 0.25) is 0 Å². The molecule has 0 bridgehead atoms. The summed E-state index contributed by atoms with van der Waals surface area (Å²) >= 11 is 1.69. The van der Waals surface area contributed by atoms with E-state index in [1.807, 2.05) is 22.9 Å². The minimum atomic E-state index is 0.620. The zero-order valence-corrected chi connectivity index (χ0v) is 18.0. The third kappa shape index (κ3) is 3.58. The van der Waals surface area contributed by atoms with Gasteiger partial charge < -0.3 is 9.47 Å². The van der Waals surface area contributed by atoms with Crippen LogP contribution in [0.15, 0.2) is 46.7 Å². The van der Waals surface area contributed by atoms with Gasteiger partial charge in [-0.05, 0) is 66.1 Å². The van der Waals surface area contributed by atoms with Crippen molar-refractivity contribution < 1.29 is 9.47 Å². The summed E-state index contributed by atoms with van der Waals surface area (Å²) in [4.78, 5) is 0. The smallest absolute Gasteiger partial charge is 0.212 e. The first-order valence-corrected chi connectivity index (χ1v) is 11.2. The van der Waals surface area contributed by atoms with Crippen LogP contribution in [-0.4, -0.2) is 40.6 Å². The lowest BCUT2D eigenvalue weighted by Crippen LogP contribution is -2.16. The molecule has 1 aliphatic carbocycles. The van der Waals surface area contributed by atoms with E-state index < -0.39 is 0 Å². The Morgan fingerprint density at radius 3 is 2.60 bits per heavy atom. The molecular formula is C23H24N4O2S. The minimum Gasteiger partial charge on any atom is -0.493 e. The molecular weight excluding hydrogens is 396 g/mol. The fourth-order valence-electron chi connectivity index (χ4n) is 4.11. The van der Waals surface area contributed by atoms with E-state index in [0.717, 1.165) is 28.0 Å². The van der Waals surface area contributed by atoms with Crippen molar-refractivity contribution in [3.8, 4) is 11.5 Å². The summed E-state index contributed by atoms with van der Waals surface area (Å²) in [5, 5.41) is 14.5. The molecule has 0 spiro atoms. The molecule has 1 aromatic heterocycles. The van der Waals surface area contributed by atoms with Gasteiger partial charge in [0.1, 0.15) is 0 Å². The zero-order valence-electron chi connectivity index (χ0n) is 17.2. The summed E-state index contributed by atoms with van der Waals surface area (Å²) < 4.78 is 12.7. The maximum atomic E-state index is 5.43. The Bertz CT molecular complexity index is 1120. The van der Waals surface area contributed by atoms with Gasteiger partial charge in [-0.1, -0.05) is 30.0 Å². The number of hydrogen-bond donors (Lipinski definition) is 0. The molecule has 0 saturated carbocycles. The van der Waals surface area contributed by atoms with Crippen LogP contribution in [0.1, 0.15) is 40.9 Å². The lowest BCUT2D eigenvalue weighted by atomic mass is 9.90. The first-order valence-electron chi connectivity index (χ1n) is 10.2. The molecule has 6 nitrogen and oxygen atoms in total. The normalized spacial score (nSPS) is 15.2. The summed E-state index contributed by atoms with van der Waals surface area (Å²) in [6.45, 7) is 0. The first kappa shape index (κ1) is 19.2. The minimum absolute atomic E-state index is 0.620. The average molecular weight is 421 g/mol. The van der Waals surface area contributed by atoms with Crippen molar-refractivity contribution in [3.63, 3.8) is 0 Å². The largest absolute Gasteiger partial charge is 0.493 e. The summed E-state index contributed by atoms with van der Waals surface area (Å²) in [7, 11) is 3.28. The topological polar surface area (TPSA) is 61.5 Å². The molecule has 0 N–H and O–H groups in total. The van der Waals surface area contributed by atoms with Crippen LogP contribution in [0.5, 0.6) is 11.5 Å². The van der Waals surface area contributed by atoms with Crippen molar-refractivity contribution in [2.45, 2.75) is 37.3 Å². The van der Waals surface area contributed by atoms with E-state index in [1.54, 1.807) is 26.0 Å². The maximum Gasteiger partial charge on any atom is 0.212 e. The molecule has 0 saturated heterocycles. The van der Waals surface area contributed by atoms with Gasteiger partial charge in [0.05, 0.1) is 19.9 Å². The number of fused-ring (bicyclic) bond motifs is 2. The van der Waals surface area contributed by atoms with Gasteiger partial charge in [0, 0.05) is 12.2 Å². The van der Waals surface area contributed by atoms with E-state index in [0.29, 0.717) is 17.9 Å². The van der Waals surface area contributed by atoms with Crippen LogP contribution in [0.3, 0.4) is 0 Å². The van der Waals surface area contributed by atoms with E-state index in [1.165, 1.54) is 42.4 Å². The summed E-state index contributed by atoms with van der Waals surface area (Å²) in [5.74, 6) is 3.06. The second-order valence-electron chi connectivity index (χ2n) is 7.60. The summed E-state index contributed by atoms with van der Waals surface area (Å²) in [5.41, 5.74) is 6.33. The predicted octanol–water partition coefficient (Wildman–Crippen LogP) is 4.12. The van der Waals surface area contributed by atoms with Gasteiger partial charge in [0.25, 0.3) is 0 Å². The summed E-state index contributed by atoms with van der Waals surface area (Å²) in [6, 6.07) is 12.7. The van der Waals surface area contributed by atoms with Crippen LogP contribution >= 0.6 is 11.8 Å². The fraction of sp³-hybridized carbons (Fsp3) is 0.348. The predicted molar refractivity (Wildman–Crippen MR) is 118 cm³/mol. The van der Waals surface area contributed by atoms with Crippen LogP contribution in [0.4, 0.5) is 0 Å². The number of methoxy groups -OCH3 is 2. The monoisotopic (exact) mass is 420 g/mol. The molecule has 3 aromatic rings. The number of aryl methyl sites for hydroxylation is 2. The molecule has 0 fully saturated rings. The highest BCUT2D eigenvalue weighted by molar-refractivity contribution is 7.99. The number of thioether (sulfide) groups is 1. The Morgan fingerprint density at radius 2 is 1.77 bits per heavy atom. The third-order valence-corrected chi connectivity index (χ3v) is 6.66. The number of hydrogen-bond acceptors (Lipinski definition) is 6. The standard InChI is InChI=1S/C23H24N4O2S/c1-28-20-10-7-15(11-21(20)29-2)12-22-24-25-23-27(22)26-19(14-30-23)18-9-8-16-5-3-4-6-17(16)13-18/h7-11,13H,3-6,12,14H2,1-2H3. The molecule has 0 unspecified atom stereocenters. The molecule has 1 aliphatic heterocycles. The molecule has 30 heavy (non-hydrogen) atoms. The van der Waals surface area contributed by atoms with Crippen molar-refractivity contribution in [2.24, 2.45) is 5.10 Å². The van der Waals surface area contributed by atoms with Crippen LogP contribution in [0, 0.1) is 0 Å². The summed E-state index contributed by atoms with van der Waals surface area (Å²) in [6.07, 6.45) is 5.57. The Morgan fingerprint density at radius 1 is 0.933 bits per heavy atom. The maximum absolute atomic E-state index is 5.43. The molecule has 2 aliphatic rings. The number of benzene rings is 2. The third-order valence-electron chi connectivity index (χ3n) is 5.73. The van der Waals surface area contributed by atoms with Gasteiger partial charge in [-0.3, -0.25) is 0 Å². The van der Waals surface area contributed by atoms with Gasteiger partial charge in [-0.15, -0.1) is 10.2 Å². The van der Waals surface area contributed by atoms with Crippen molar-refractivity contribution in [3.05, 3.63) is 64.5 Å². The van der Waals surface area contributed by atoms with Gasteiger partial charge in [0.15, 0.2) is 17.3 Å². The molecule has 2 heterocycles. The quantitative estimate of drug-likeness (QED) is 0.621. The number of ether oxygens (including phenoxy) is 2. The SMILES string of the molecule is COc1ccc(Cc2nnc3n2N=C(c2ccc4c(c2)CCCC4)CS3)cc1OC. The van der Waals surface area contributed by atoms with Crippen molar-refractivity contribution in [1.82, 2.24) is 14.9 Å². The van der Waals surface area contributed by atoms with Gasteiger partial charge in [-0.2, -0.15) is 9.78 Å². The molecule has 7 heteroatoms. The molecule has 0 atom stereocenters. The van der Waals surface area contributed by atoms with Crippen LogP contribution in [-0.2, 0) is 19.3 Å². The van der Waals surface area contributed by atoms with Gasteiger partial charge in [0.2, 0.25) is 5.16 Å². The van der Waals surface area contributed by atoms with Crippen molar-refractivity contribution in [2.75, 3.05) is 20.0 Å². The first-order chi connectivity index (χ1) is 14.7. The molecule has 2 aromatic carbocycles. The lowest BCUT2D eigenvalue weighted by molar-refractivity contribution is 0.354. The second-order valence-corrected chi connectivity index (χ2v) is 8.55. The van der Waals surface area contributed by atoms with Crippen molar-refractivity contribution >= 4 is 17.5 Å². The molecule has 5 rings (SSSR count). The highest BCUT2D eigenvalue weighted by Crippen LogP contribution is 2.30. The average Bonchev–Trinajstić information content (AvgIpc) is 3.20. The zero-order chi connectivity index (χ0) is 20.5. The highest BCUT2D eigenvalue weighted by atomic mass is 32.2. The second kappa shape index (κ2) is 8.14. The van der Waals surface area contributed by atoms with E-state index in [-0.39, 0.29) is 0 Å². The van der Waals surface area contributed by atoms with E-state index in [9.17, 15) is 0 Å². The lowest BCUT2D eigenvalue weighted by Gasteiger charge is -2.18. The van der Waals surface area contributed by atoms with Gasteiger partial charge >= 0.3 is 0 Å². The number of nitrogens with zero attached hydrogens (tertiary/aromatic N) is 4. The van der Waals surface area contributed by atoms with E-state index >= 15 is 0 Å². The number of rotatable bonds is 5. The fourth-order valence-corrected chi connectivity index (χ4v) is 4.96. The van der Waals surface area contributed by atoms with E-state index in [2.05, 4.69) is 28.4 Å². The van der Waals surface area contributed by atoms with E-state index in [4.69, 9.17) is 14.6 Å². The molecule has 154 valence electrons. The number of aromatic nitrogens is 3. The molecule has 0 amide bonds. The Labute approximate surface area is 180 Å². The Balaban J connectivity index is 1.45. The Kier molecular flexibility index (Phi) is 5.21. The van der Waals surface area contributed by atoms with Crippen molar-refractivity contribution in [1.29, 1.82) is 0 Å².